The average Bonchev–Trinajstić information content (AvgIpc) is 2.37. The maximum absolute atomic E-state index is 11.7. The summed E-state index contributed by atoms with van der Waals surface area (Å²) in [4.78, 5) is 34.2. The fraction of sp³-hybridized carbons (Fsp3) is 0.333. The van der Waals surface area contributed by atoms with Crippen molar-refractivity contribution < 1.29 is 19.6 Å². The highest BCUT2D eigenvalue weighted by molar-refractivity contribution is 5.96. The van der Waals surface area contributed by atoms with Crippen molar-refractivity contribution in [3.05, 3.63) is 33.9 Å². The lowest BCUT2D eigenvalue weighted by Crippen LogP contribution is -2.37. The molecule has 0 spiro atoms. The number of rotatable bonds is 5. The van der Waals surface area contributed by atoms with E-state index in [0.29, 0.717) is 0 Å². The van der Waals surface area contributed by atoms with Crippen molar-refractivity contribution in [1.82, 2.24) is 4.90 Å². The molecular formula is C12H15N3O5. The van der Waals surface area contributed by atoms with Gasteiger partial charge in [0.15, 0.2) is 0 Å². The van der Waals surface area contributed by atoms with Gasteiger partial charge >= 0.3 is 5.97 Å². The second-order valence-corrected chi connectivity index (χ2v) is 4.39. The number of hydrogen-bond acceptors (Lipinski definition) is 5. The second-order valence-electron chi connectivity index (χ2n) is 4.39. The van der Waals surface area contributed by atoms with Gasteiger partial charge in [0.1, 0.15) is 6.04 Å². The normalized spacial score (nSPS) is 11.6. The number of nitro groups is 1. The van der Waals surface area contributed by atoms with Crippen molar-refractivity contribution in [3.8, 4) is 0 Å². The molecule has 0 aromatic heterocycles. The van der Waals surface area contributed by atoms with E-state index >= 15 is 0 Å². The number of amides is 1. The lowest BCUT2D eigenvalue weighted by atomic mass is 10.1. The summed E-state index contributed by atoms with van der Waals surface area (Å²) in [6, 6.07) is 2.77. The van der Waals surface area contributed by atoms with Crippen molar-refractivity contribution in [2.24, 2.45) is 0 Å². The predicted octanol–water partition coefficient (Wildman–Crippen LogP) is 1.18. The molecule has 8 heteroatoms. The zero-order valence-electron chi connectivity index (χ0n) is 11.3. The zero-order chi connectivity index (χ0) is 15.4. The Bertz CT molecular complexity index is 556. The molecule has 0 saturated carbocycles. The van der Waals surface area contributed by atoms with Crippen LogP contribution in [0.4, 0.5) is 11.4 Å². The number of carboxylic acids is 1. The van der Waals surface area contributed by atoms with Crippen LogP contribution in [0.2, 0.25) is 0 Å². The molecule has 0 aliphatic rings. The fourth-order valence-electron chi connectivity index (χ4n) is 1.63. The first-order valence-electron chi connectivity index (χ1n) is 5.73. The Labute approximate surface area is 115 Å². The molecule has 0 aliphatic heterocycles. The number of benzene rings is 1. The van der Waals surface area contributed by atoms with Gasteiger partial charge in [-0.3, -0.25) is 14.9 Å². The Kier molecular flexibility index (Phi) is 4.63. The smallest absolute Gasteiger partial charge is 0.338 e. The van der Waals surface area contributed by atoms with E-state index in [1.807, 2.05) is 0 Å². The average molecular weight is 281 g/mol. The molecule has 0 saturated heterocycles. The molecule has 0 heterocycles. The summed E-state index contributed by atoms with van der Waals surface area (Å²) < 4.78 is 0. The second kappa shape index (κ2) is 6.00. The molecule has 1 rings (SSSR count). The molecule has 1 aromatic carbocycles. The van der Waals surface area contributed by atoms with E-state index in [-0.39, 0.29) is 22.8 Å². The summed E-state index contributed by atoms with van der Waals surface area (Å²) in [6.07, 6.45) is 0. The molecular weight excluding hydrogens is 266 g/mol. The Morgan fingerprint density at radius 1 is 1.40 bits per heavy atom. The number of carbonyl (C=O) groups excluding carboxylic acids is 1. The van der Waals surface area contributed by atoms with Crippen LogP contribution < -0.4 is 5.32 Å². The summed E-state index contributed by atoms with van der Waals surface area (Å²) >= 11 is 0. The summed E-state index contributed by atoms with van der Waals surface area (Å²) in [5.74, 6) is -1.54. The Hall–Kier alpha value is -2.64. The van der Waals surface area contributed by atoms with Gasteiger partial charge in [-0.2, -0.15) is 0 Å². The lowest BCUT2D eigenvalue weighted by Gasteiger charge is -2.19. The number of carboxylic acid groups (broad SMARTS) is 1. The Morgan fingerprint density at radius 2 is 2.00 bits per heavy atom. The van der Waals surface area contributed by atoms with Gasteiger partial charge < -0.3 is 15.3 Å². The van der Waals surface area contributed by atoms with E-state index in [4.69, 9.17) is 5.11 Å². The maximum atomic E-state index is 11.7. The minimum atomic E-state index is -1.30. The van der Waals surface area contributed by atoms with E-state index in [1.165, 1.54) is 17.0 Å². The topological polar surface area (TPSA) is 113 Å². The Balaban J connectivity index is 3.09. The third-order valence-corrected chi connectivity index (χ3v) is 2.63. The molecule has 0 radical (unpaired) electrons. The summed E-state index contributed by atoms with van der Waals surface area (Å²) in [6.45, 7) is 1.58. The van der Waals surface area contributed by atoms with Crippen LogP contribution in [0.1, 0.15) is 17.3 Å². The minimum Gasteiger partial charge on any atom is -0.478 e. The SMILES string of the molecule is CC(Nc1ccc([N+](=O)[O-])cc1C(=O)O)C(=O)N(C)C. The van der Waals surface area contributed by atoms with E-state index in [2.05, 4.69) is 5.32 Å². The summed E-state index contributed by atoms with van der Waals surface area (Å²) in [7, 11) is 3.16. The number of nitrogens with one attached hydrogen (secondary N) is 1. The highest BCUT2D eigenvalue weighted by atomic mass is 16.6. The molecule has 20 heavy (non-hydrogen) atoms. The van der Waals surface area contributed by atoms with E-state index in [1.54, 1.807) is 21.0 Å². The number of non-ortho nitro benzene ring substituents is 1. The van der Waals surface area contributed by atoms with Crippen molar-refractivity contribution in [2.45, 2.75) is 13.0 Å². The predicted molar refractivity (Wildman–Crippen MR) is 71.8 cm³/mol. The van der Waals surface area contributed by atoms with Crippen LogP contribution in [0.15, 0.2) is 18.2 Å². The largest absolute Gasteiger partial charge is 0.478 e. The van der Waals surface area contributed by atoms with Crippen LogP contribution in [0.3, 0.4) is 0 Å². The van der Waals surface area contributed by atoms with Crippen molar-refractivity contribution >= 4 is 23.3 Å². The molecule has 0 aliphatic carbocycles. The van der Waals surface area contributed by atoms with Gasteiger partial charge in [0.25, 0.3) is 5.69 Å². The first-order valence-corrected chi connectivity index (χ1v) is 5.73. The molecule has 8 nitrogen and oxygen atoms in total. The summed E-state index contributed by atoms with van der Waals surface area (Å²) in [5.41, 5.74) is -0.414. The first-order chi connectivity index (χ1) is 9.23. The molecule has 1 unspecified atom stereocenters. The number of carbonyl (C=O) groups is 2. The number of anilines is 1. The molecule has 0 bridgehead atoms. The number of hydrogen-bond donors (Lipinski definition) is 2. The van der Waals surface area contributed by atoms with Crippen LogP contribution in [0, 0.1) is 10.1 Å². The highest BCUT2D eigenvalue weighted by Gasteiger charge is 2.20. The monoisotopic (exact) mass is 281 g/mol. The molecule has 108 valence electrons. The zero-order valence-corrected chi connectivity index (χ0v) is 11.3. The van der Waals surface area contributed by atoms with Gasteiger partial charge in [-0.1, -0.05) is 0 Å². The van der Waals surface area contributed by atoms with E-state index in [9.17, 15) is 19.7 Å². The molecule has 0 fully saturated rings. The van der Waals surface area contributed by atoms with Crippen molar-refractivity contribution in [3.63, 3.8) is 0 Å². The number of likely N-dealkylation sites (N-methyl/N-ethyl adjacent to an activating group) is 1. The van der Waals surface area contributed by atoms with Crippen LogP contribution in [-0.4, -0.2) is 46.9 Å². The van der Waals surface area contributed by atoms with Gasteiger partial charge in [0.05, 0.1) is 10.5 Å². The lowest BCUT2D eigenvalue weighted by molar-refractivity contribution is -0.384. The van der Waals surface area contributed by atoms with E-state index < -0.39 is 16.9 Å². The van der Waals surface area contributed by atoms with Crippen LogP contribution in [0.5, 0.6) is 0 Å². The summed E-state index contributed by atoms with van der Waals surface area (Å²) in [5, 5.41) is 22.5. The standard InChI is InChI=1S/C12H15N3O5/c1-7(11(16)14(2)3)13-10-5-4-8(15(19)20)6-9(10)12(17)18/h4-7,13H,1-3H3,(H,17,18). The number of nitro benzene ring substituents is 1. The third kappa shape index (κ3) is 3.44. The highest BCUT2D eigenvalue weighted by Crippen LogP contribution is 2.23. The van der Waals surface area contributed by atoms with Gasteiger partial charge in [-0.15, -0.1) is 0 Å². The van der Waals surface area contributed by atoms with Crippen LogP contribution in [-0.2, 0) is 4.79 Å². The number of aromatic carboxylic acids is 1. The molecule has 1 atom stereocenters. The van der Waals surface area contributed by atoms with Crippen LogP contribution >= 0.6 is 0 Å². The molecule has 1 aromatic rings. The quantitative estimate of drug-likeness (QED) is 0.619. The van der Waals surface area contributed by atoms with Crippen LogP contribution in [0.25, 0.3) is 0 Å². The molecule has 1 amide bonds. The first kappa shape index (κ1) is 15.4. The van der Waals surface area contributed by atoms with Gasteiger partial charge in [0.2, 0.25) is 5.91 Å². The maximum Gasteiger partial charge on any atom is 0.338 e. The van der Waals surface area contributed by atoms with Gasteiger partial charge in [-0.25, -0.2) is 4.79 Å². The van der Waals surface area contributed by atoms with Gasteiger partial charge in [-0.05, 0) is 13.0 Å². The minimum absolute atomic E-state index is 0.158. The third-order valence-electron chi connectivity index (χ3n) is 2.63. The van der Waals surface area contributed by atoms with E-state index in [0.717, 1.165) is 6.07 Å². The Morgan fingerprint density at radius 3 is 2.45 bits per heavy atom. The number of nitrogens with zero attached hydrogens (tertiary/aromatic N) is 2. The van der Waals surface area contributed by atoms with Crippen molar-refractivity contribution in [2.75, 3.05) is 19.4 Å². The van der Waals surface area contributed by atoms with Gasteiger partial charge in [0, 0.05) is 31.9 Å². The molecule has 2 N–H and O–H groups in total. The fourth-order valence-corrected chi connectivity index (χ4v) is 1.63. The van der Waals surface area contributed by atoms with Crippen molar-refractivity contribution in [1.29, 1.82) is 0 Å².